The minimum Gasteiger partial charge on any atom is -0.389 e. The highest BCUT2D eigenvalue weighted by atomic mass is 32.2. The molecule has 0 aliphatic carbocycles. The molecule has 21 heavy (non-hydrogen) atoms. The zero-order valence-electron chi connectivity index (χ0n) is 11.3. The van der Waals surface area contributed by atoms with Crippen molar-refractivity contribution in [2.75, 3.05) is 16.2 Å². The molecule has 0 saturated carbocycles. The van der Waals surface area contributed by atoms with Crippen LogP contribution in [-0.4, -0.2) is 48.4 Å². The summed E-state index contributed by atoms with van der Waals surface area (Å²) in [6.45, 7) is 0. The molecule has 0 amide bonds. The monoisotopic (exact) mass is 352 g/mol. The van der Waals surface area contributed by atoms with E-state index in [1.54, 1.807) is 7.05 Å². The van der Waals surface area contributed by atoms with Crippen LogP contribution in [-0.2, 0) is 26.9 Å². The predicted octanol–water partition coefficient (Wildman–Crippen LogP) is -0.627. The smallest absolute Gasteiger partial charge is 0.236 e. The van der Waals surface area contributed by atoms with Gasteiger partial charge in [0, 0.05) is 7.05 Å². The number of nitrogens with one attached hydrogen (secondary N) is 1. The number of anilines is 1. The summed E-state index contributed by atoms with van der Waals surface area (Å²) >= 11 is 4.85. The normalized spacial score (nSPS) is 19.3. The molecular formula is C10H16N4O4S3. The molecule has 1 aromatic heterocycles. The van der Waals surface area contributed by atoms with E-state index in [4.69, 9.17) is 18.0 Å². The summed E-state index contributed by atoms with van der Waals surface area (Å²) in [5, 5.41) is 3.16. The van der Waals surface area contributed by atoms with Crippen LogP contribution in [0, 0.1) is 0 Å². The molecule has 0 atom stereocenters. The minimum atomic E-state index is -3.73. The molecule has 1 fully saturated rings. The summed E-state index contributed by atoms with van der Waals surface area (Å²) in [6, 6.07) is 0. The molecule has 8 nitrogen and oxygen atoms in total. The van der Waals surface area contributed by atoms with E-state index >= 15 is 0 Å². The Morgan fingerprint density at radius 1 is 1.48 bits per heavy atom. The van der Waals surface area contributed by atoms with E-state index in [1.807, 2.05) is 0 Å². The average molecular weight is 352 g/mol. The van der Waals surface area contributed by atoms with Gasteiger partial charge in [0.2, 0.25) is 10.0 Å². The third-order valence-electron chi connectivity index (χ3n) is 3.38. The molecule has 2 heterocycles. The van der Waals surface area contributed by atoms with Crippen LogP contribution in [0.5, 0.6) is 0 Å². The van der Waals surface area contributed by atoms with Gasteiger partial charge < -0.3 is 5.73 Å². The highest BCUT2D eigenvalue weighted by molar-refractivity contribution is 7.94. The van der Waals surface area contributed by atoms with E-state index in [2.05, 4.69) is 9.82 Å². The number of nitrogens with two attached hydrogens (primary N) is 1. The maximum Gasteiger partial charge on any atom is 0.236 e. The summed E-state index contributed by atoms with van der Waals surface area (Å²) in [4.78, 5) is 0.0343. The Morgan fingerprint density at radius 3 is 2.57 bits per heavy atom. The van der Waals surface area contributed by atoms with Crippen molar-refractivity contribution in [1.29, 1.82) is 0 Å². The van der Waals surface area contributed by atoms with Gasteiger partial charge in [-0.05, 0) is 12.8 Å². The van der Waals surface area contributed by atoms with Gasteiger partial charge in [-0.1, -0.05) is 12.2 Å². The Balaban J connectivity index is 2.23. The van der Waals surface area contributed by atoms with Crippen LogP contribution in [0.3, 0.4) is 0 Å². The molecule has 0 unspecified atom stereocenters. The quantitative estimate of drug-likeness (QED) is 0.692. The van der Waals surface area contributed by atoms with Crippen molar-refractivity contribution in [3.63, 3.8) is 0 Å². The number of nitrogens with zero attached hydrogens (tertiary/aromatic N) is 2. The maximum atomic E-state index is 12.4. The van der Waals surface area contributed by atoms with E-state index in [0.717, 1.165) is 0 Å². The average Bonchev–Trinajstić information content (AvgIpc) is 2.70. The highest BCUT2D eigenvalue weighted by Gasteiger charge is 2.33. The summed E-state index contributed by atoms with van der Waals surface area (Å²) in [5.41, 5.74) is 5.86. The van der Waals surface area contributed by atoms with Gasteiger partial charge in [0.25, 0.3) is 0 Å². The van der Waals surface area contributed by atoms with Gasteiger partial charge >= 0.3 is 0 Å². The first kappa shape index (κ1) is 16.2. The Bertz CT molecular complexity index is 752. The second kappa shape index (κ2) is 5.54. The molecule has 0 spiro atoms. The zero-order valence-corrected chi connectivity index (χ0v) is 13.8. The van der Waals surface area contributed by atoms with Gasteiger partial charge in [0.05, 0.1) is 28.5 Å². The molecule has 2 rings (SSSR count). The van der Waals surface area contributed by atoms with Gasteiger partial charge in [-0.25, -0.2) is 16.8 Å². The van der Waals surface area contributed by atoms with Crippen LogP contribution >= 0.6 is 12.2 Å². The molecule has 0 radical (unpaired) electrons. The van der Waals surface area contributed by atoms with Crippen LogP contribution in [0.15, 0.2) is 6.20 Å². The van der Waals surface area contributed by atoms with Crippen LogP contribution in [0.2, 0.25) is 0 Å². The van der Waals surface area contributed by atoms with Crippen molar-refractivity contribution in [2.45, 2.75) is 18.1 Å². The molecule has 0 bridgehead atoms. The first-order chi connectivity index (χ1) is 9.62. The molecular weight excluding hydrogens is 336 g/mol. The first-order valence-electron chi connectivity index (χ1n) is 6.16. The van der Waals surface area contributed by atoms with Crippen LogP contribution in [0.4, 0.5) is 5.82 Å². The fraction of sp³-hybridized carbons (Fsp3) is 0.600. The largest absolute Gasteiger partial charge is 0.389 e. The number of hydrogen-bond acceptors (Lipinski definition) is 6. The number of hydrogen-bond donors (Lipinski definition) is 2. The van der Waals surface area contributed by atoms with Crippen molar-refractivity contribution in [2.24, 2.45) is 12.8 Å². The lowest BCUT2D eigenvalue weighted by molar-refractivity contribution is 0.555. The maximum absolute atomic E-state index is 12.4. The lowest BCUT2D eigenvalue weighted by Gasteiger charge is -2.22. The van der Waals surface area contributed by atoms with Crippen molar-refractivity contribution in [3.05, 3.63) is 11.8 Å². The van der Waals surface area contributed by atoms with Gasteiger partial charge in [-0.2, -0.15) is 5.10 Å². The van der Waals surface area contributed by atoms with Crippen molar-refractivity contribution < 1.29 is 16.8 Å². The summed E-state index contributed by atoms with van der Waals surface area (Å²) < 4.78 is 51.2. The Morgan fingerprint density at radius 2 is 2.05 bits per heavy atom. The zero-order chi connectivity index (χ0) is 15.8. The van der Waals surface area contributed by atoms with Gasteiger partial charge in [0.15, 0.2) is 0 Å². The van der Waals surface area contributed by atoms with Gasteiger partial charge in [0.1, 0.15) is 20.6 Å². The van der Waals surface area contributed by atoms with Gasteiger partial charge in [-0.15, -0.1) is 0 Å². The number of rotatable bonds is 4. The topological polar surface area (TPSA) is 124 Å². The standard InChI is InChI=1S/C10H16N4O4S3/c1-14-10(8(6-12-14)9(11)19)13-21(17,18)7-2-4-20(15,16)5-3-7/h6-7,13H,2-5H2,1H3,(H2,11,19). The third-order valence-corrected chi connectivity index (χ3v) is 7.15. The molecule has 1 aliphatic rings. The van der Waals surface area contributed by atoms with Gasteiger partial charge in [-0.3, -0.25) is 9.40 Å². The molecule has 3 N–H and O–H groups in total. The van der Waals surface area contributed by atoms with E-state index in [-0.39, 0.29) is 35.2 Å². The number of sulfonamides is 1. The van der Waals surface area contributed by atoms with Crippen molar-refractivity contribution in [3.8, 4) is 0 Å². The summed E-state index contributed by atoms with van der Waals surface area (Å²) in [5.74, 6) is -0.0472. The first-order valence-corrected chi connectivity index (χ1v) is 9.94. The Hall–Kier alpha value is -1.20. The molecule has 118 valence electrons. The summed E-state index contributed by atoms with van der Waals surface area (Å²) in [7, 11) is -5.28. The SMILES string of the molecule is Cn1ncc(C(N)=S)c1NS(=O)(=O)C1CCS(=O)(=O)CC1. The fourth-order valence-corrected chi connectivity index (χ4v) is 5.61. The molecule has 0 aromatic carbocycles. The van der Waals surface area contributed by atoms with E-state index in [0.29, 0.717) is 5.56 Å². The Kier molecular flexibility index (Phi) is 4.26. The van der Waals surface area contributed by atoms with Crippen LogP contribution in [0.25, 0.3) is 0 Å². The molecule has 1 saturated heterocycles. The second-order valence-electron chi connectivity index (χ2n) is 4.89. The highest BCUT2D eigenvalue weighted by Crippen LogP contribution is 2.23. The van der Waals surface area contributed by atoms with E-state index in [1.165, 1.54) is 10.9 Å². The number of thiocarbonyl (C=S) groups is 1. The van der Waals surface area contributed by atoms with Crippen molar-refractivity contribution in [1.82, 2.24) is 9.78 Å². The van der Waals surface area contributed by atoms with Crippen LogP contribution < -0.4 is 10.5 Å². The lowest BCUT2D eigenvalue weighted by Crippen LogP contribution is -2.36. The van der Waals surface area contributed by atoms with Crippen LogP contribution in [0.1, 0.15) is 18.4 Å². The predicted molar refractivity (Wildman–Crippen MR) is 83.3 cm³/mol. The van der Waals surface area contributed by atoms with E-state index < -0.39 is 25.1 Å². The Labute approximate surface area is 128 Å². The molecule has 11 heteroatoms. The van der Waals surface area contributed by atoms with E-state index in [9.17, 15) is 16.8 Å². The summed E-state index contributed by atoms with van der Waals surface area (Å²) in [6.07, 6.45) is 1.54. The third kappa shape index (κ3) is 3.52. The number of aromatic nitrogens is 2. The second-order valence-corrected chi connectivity index (χ2v) is 9.60. The van der Waals surface area contributed by atoms with Crippen molar-refractivity contribution >= 4 is 42.9 Å². The number of sulfone groups is 1. The molecule has 1 aromatic rings. The molecule has 1 aliphatic heterocycles. The minimum absolute atomic E-state index is 0.0343. The number of aryl methyl sites for hydroxylation is 1. The fourth-order valence-electron chi connectivity index (χ4n) is 2.14. The lowest BCUT2D eigenvalue weighted by atomic mass is 10.2.